The Kier molecular flexibility index (Phi) is 3.77. The van der Waals surface area contributed by atoms with Crippen molar-refractivity contribution < 1.29 is 4.79 Å². The molecule has 88 valence electrons. The largest absolute Gasteiger partial charge is 0.336 e. The van der Waals surface area contributed by atoms with E-state index < -0.39 is 0 Å². The maximum absolute atomic E-state index is 12.0. The Bertz CT molecular complexity index is 236. The molecule has 2 N–H and O–H groups in total. The molecule has 1 unspecified atom stereocenters. The van der Waals surface area contributed by atoms with Crippen molar-refractivity contribution >= 4 is 5.91 Å². The fourth-order valence-corrected chi connectivity index (χ4v) is 2.22. The summed E-state index contributed by atoms with van der Waals surface area (Å²) in [6.07, 6.45) is 2.70. The number of amides is 1. The second-order valence-corrected chi connectivity index (χ2v) is 5.55. The van der Waals surface area contributed by atoms with E-state index in [4.69, 9.17) is 5.73 Å². The minimum Gasteiger partial charge on any atom is -0.336 e. The number of carbonyl (C=O) groups excluding carboxylic acids is 1. The third kappa shape index (κ3) is 2.71. The average molecular weight is 212 g/mol. The molecule has 1 atom stereocenters. The zero-order valence-electron chi connectivity index (χ0n) is 10.4. The standard InChI is InChI=1S/C12H24N2O/c1-9(2)8-11(15)14-7-5-6-10(13)12(14,3)4/h9-10H,5-8,13H2,1-4H3. The number of hydrogen-bond acceptors (Lipinski definition) is 2. The van der Waals surface area contributed by atoms with E-state index in [9.17, 15) is 4.79 Å². The molecule has 0 radical (unpaired) electrons. The van der Waals surface area contributed by atoms with Crippen LogP contribution in [-0.2, 0) is 4.79 Å². The molecule has 1 rings (SSSR count). The summed E-state index contributed by atoms with van der Waals surface area (Å²) in [5.41, 5.74) is 5.90. The maximum Gasteiger partial charge on any atom is 0.223 e. The second kappa shape index (κ2) is 4.52. The van der Waals surface area contributed by atoms with Crippen molar-refractivity contribution in [1.82, 2.24) is 4.90 Å². The maximum atomic E-state index is 12.0. The van der Waals surface area contributed by atoms with Crippen LogP contribution in [0.2, 0.25) is 0 Å². The summed E-state index contributed by atoms with van der Waals surface area (Å²) in [4.78, 5) is 14.0. The number of likely N-dealkylation sites (tertiary alicyclic amines) is 1. The molecule has 15 heavy (non-hydrogen) atoms. The van der Waals surface area contributed by atoms with E-state index in [1.54, 1.807) is 0 Å². The highest BCUT2D eigenvalue weighted by molar-refractivity contribution is 5.77. The predicted molar refractivity (Wildman–Crippen MR) is 62.5 cm³/mol. The van der Waals surface area contributed by atoms with Crippen LogP contribution in [0.15, 0.2) is 0 Å². The lowest BCUT2D eigenvalue weighted by Crippen LogP contribution is -2.61. The van der Waals surface area contributed by atoms with Gasteiger partial charge in [0.15, 0.2) is 0 Å². The molecule has 0 aromatic rings. The van der Waals surface area contributed by atoms with Gasteiger partial charge < -0.3 is 10.6 Å². The molecule has 0 aromatic heterocycles. The summed E-state index contributed by atoms with van der Waals surface area (Å²) in [7, 11) is 0. The molecule has 3 heteroatoms. The molecular formula is C12H24N2O. The van der Waals surface area contributed by atoms with Crippen molar-refractivity contribution in [3.8, 4) is 0 Å². The van der Waals surface area contributed by atoms with Gasteiger partial charge in [-0.2, -0.15) is 0 Å². The lowest BCUT2D eigenvalue weighted by Gasteiger charge is -2.47. The average Bonchev–Trinajstić information content (AvgIpc) is 2.08. The Labute approximate surface area is 93.0 Å². The molecule has 0 spiro atoms. The molecule has 0 bridgehead atoms. The second-order valence-electron chi connectivity index (χ2n) is 5.55. The lowest BCUT2D eigenvalue weighted by molar-refractivity contribution is -0.140. The number of carbonyl (C=O) groups is 1. The van der Waals surface area contributed by atoms with E-state index in [0.29, 0.717) is 12.3 Å². The van der Waals surface area contributed by atoms with Gasteiger partial charge in [-0.1, -0.05) is 13.8 Å². The minimum atomic E-state index is -0.176. The minimum absolute atomic E-state index is 0.113. The third-order valence-corrected chi connectivity index (χ3v) is 3.38. The SMILES string of the molecule is CC(C)CC(=O)N1CCCC(N)C1(C)C. The van der Waals surface area contributed by atoms with Crippen LogP contribution >= 0.6 is 0 Å². The van der Waals surface area contributed by atoms with E-state index in [1.165, 1.54) is 0 Å². The first kappa shape index (κ1) is 12.5. The predicted octanol–water partition coefficient (Wildman–Crippen LogP) is 1.76. The van der Waals surface area contributed by atoms with E-state index >= 15 is 0 Å². The van der Waals surface area contributed by atoms with Crippen molar-refractivity contribution in [2.45, 2.75) is 58.5 Å². The van der Waals surface area contributed by atoms with Crippen molar-refractivity contribution in [3.63, 3.8) is 0 Å². The molecule has 1 fully saturated rings. The quantitative estimate of drug-likeness (QED) is 0.758. The molecule has 1 amide bonds. The first-order chi connectivity index (χ1) is 6.85. The van der Waals surface area contributed by atoms with E-state index in [1.807, 2.05) is 4.90 Å². The molecular weight excluding hydrogens is 188 g/mol. The Morgan fingerprint density at radius 2 is 2.13 bits per heavy atom. The van der Waals surface area contributed by atoms with Crippen LogP contribution in [0.1, 0.15) is 47.0 Å². The first-order valence-corrected chi connectivity index (χ1v) is 5.91. The summed E-state index contributed by atoms with van der Waals surface area (Å²) in [6, 6.07) is 0.113. The smallest absolute Gasteiger partial charge is 0.223 e. The van der Waals surface area contributed by atoms with E-state index in [0.717, 1.165) is 19.4 Å². The van der Waals surface area contributed by atoms with Crippen LogP contribution in [0, 0.1) is 5.92 Å². The zero-order valence-corrected chi connectivity index (χ0v) is 10.4. The molecule has 1 saturated heterocycles. The summed E-state index contributed by atoms with van der Waals surface area (Å²) in [5.74, 6) is 0.677. The van der Waals surface area contributed by atoms with Crippen molar-refractivity contribution in [2.75, 3.05) is 6.54 Å². The van der Waals surface area contributed by atoms with Gasteiger partial charge in [0.05, 0.1) is 5.54 Å². The Hall–Kier alpha value is -0.570. The number of nitrogens with two attached hydrogens (primary N) is 1. The molecule has 1 heterocycles. The van der Waals surface area contributed by atoms with Crippen LogP contribution in [0.5, 0.6) is 0 Å². The molecule has 0 aliphatic carbocycles. The summed E-state index contributed by atoms with van der Waals surface area (Å²) >= 11 is 0. The number of hydrogen-bond donors (Lipinski definition) is 1. The van der Waals surface area contributed by atoms with Crippen LogP contribution in [0.25, 0.3) is 0 Å². The third-order valence-electron chi connectivity index (χ3n) is 3.38. The monoisotopic (exact) mass is 212 g/mol. The number of nitrogens with zero attached hydrogens (tertiary/aromatic N) is 1. The fraction of sp³-hybridized carbons (Fsp3) is 0.917. The topological polar surface area (TPSA) is 46.3 Å². The highest BCUT2D eigenvalue weighted by Gasteiger charge is 2.38. The summed E-state index contributed by atoms with van der Waals surface area (Å²) < 4.78 is 0. The van der Waals surface area contributed by atoms with Crippen molar-refractivity contribution in [2.24, 2.45) is 11.7 Å². The van der Waals surface area contributed by atoms with Gasteiger partial charge in [0.2, 0.25) is 5.91 Å². The Morgan fingerprint density at radius 3 is 2.67 bits per heavy atom. The number of rotatable bonds is 2. The van der Waals surface area contributed by atoms with Crippen LogP contribution in [0.3, 0.4) is 0 Å². The van der Waals surface area contributed by atoms with Crippen LogP contribution in [0.4, 0.5) is 0 Å². The highest BCUT2D eigenvalue weighted by Crippen LogP contribution is 2.27. The lowest BCUT2D eigenvalue weighted by atomic mass is 9.85. The van der Waals surface area contributed by atoms with Crippen molar-refractivity contribution in [1.29, 1.82) is 0 Å². The van der Waals surface area contributed by atoms with Crippen molar-refractivity contribution in [3.05, 3.63) is 0 Å². The molecule has 3 nitrogen and oxygen atoms in total. The fourth-order valence-electron chi connectivity index (χ4n) is 2.22. The first-order valence-electron chi connectivity index (χ1n) is 5.91. The van der Waals surface area contributed by atoms with Gasteiger partial charge in [0, 0.05) is 19.0 Å². The van der Waals surface area contributed by atoms with Gasteiger partial charge in [0.25, 0.3) is 0 Å². The van der Waals surface area contributed by atoms with Crippen LogP contribution in [-0.4, -0.2) is 28.9 Å². The Morgan fingerprint density at radius 1 is 1.53 bits per heavy atom. The zero-order chi connectivity index (χ0) is 11.6. The normalized spacial score (nSPS) is 25.7. The van der Waals surface area contributed by atoms with Crippen LogP contribution < -0.4 is 5.73 Å². The van der Waals surface area contributed by atoms with Gasteiger partial charge in [-0.05, 0) is 32.6 Å². The van der Waals surface area contributed by atoms with E-state index in [2.05, 4.69) is 27.7 Å². The molecule has 0 aromatic carbocycles. The van der Waals surface area contributed by atoms with Gasteiger partial charge in [0.1, 0.15) is 0 Å². The molecule has 1 aliphatic heterocycles. The summed E-state index contributed by atoms with van der Waals surface area (Å²) in [6.45, 7) is 9.18. The van der Waals surface area contributed by atoms with Gasteiger partial charge in [-0.15, -0.1) is 0 Å². The number of piperidine rings is 1. The van der Waals surface area contributed by atoms with Gasteiger partial charge in [-0.3, -0.25) is 4.79 Å². The van der Waals surface area contributed by atoms with E-state index in [-0.39, 0.29) is 17.5 Å². The molecule has 1 aliphatic rings. The van der Waals surface area contributed by atoms with Gasteiger partial charge >= 0.3 is 0 Å². The Balaban J connectivity index is 2.71. The highest BCUT2D eigenvalue weighted by atomic mass is 16.2. The van der Waals surface area contributed by atoms with Gasteiger partial charge in [-0.25, -0.2) is 0 Å². The molecule has 0 saturated carbocycles. The summed E-state index contributed by atoms with van der Waals surface area (Å²) in [5, 5.41) is 0.